The summed E-state index contributed by atoms with van der Waals surface area (Å²) in [5.41, 5.74) is 2.11. The Morgan fingerprint density at radius 1 is 0.926 bits per heavy atom. The van der Waals surface area contributed by atoms with Gasteiger partial charge in [-0.05, 0) is 47.0 Å². The molecule has 1 saturated heterocycles. The fourth-order valence-electron chi connectivity index (χ4n) is 3.55. The number of nitrogens with one attached hydrogen (secondary N) is 1. The van der Waals surface area contributed by atoms with E-state index in [0.29, 0.717) is 0 Å². The molecule has 1 fully saturated rings. The lowest BCUT2D eigenvalue weighted by atomic mass is 10.1. The summed E-state index contributed by atoms with van der Waals surface area (Å²) < 4.78 is 0. The van der Waals surface area contributed by atoms with Crippen LogP contribution in [0.5, 0.6) is 0 Å². The van der Waals surface area contributed by atoms with E-state index in [1.807, 2.05) is 47.6 Å². The van der Waals surface area contributed by atoms with Gasteiger partial charge >= 0.3 is 6.03 Å². The Morgan fingerprint density at radius 3 is 2.59 bits per heavy atom. The van der Waals surface area contributed by atoms with Crippen LogP contribution in [-0.4, -0.2) is 47.0 Å². The van der Waals surface area contributed by atoms with Crippen LogP contribution >= 0.6 is 0 Å². The Hall–Kier alpha value is -2.92. The summed E-state index contributed by atoms with van der Waals surface area (Å²) in [5, 5.41) is 5.37. The number of hydrogen-bond acceptors (Lipinski definition) is 3. The largest absolute Gasteiger partial charge is 0.323 e. The van der Waals surface area contributed by atoms with Crippen LogP contribution in [0.4, 0.5) is 10.5 Å². The molecule has 0 radical (unpaired) electrons. The van der Waals surface area contributed by atoms with Gasteiger partial charge in [0.25, 0.3) is 0 Å². The van der Waals surface area contributed by atoms with E-state index in [2.05, 4.69) is 39.5 Å². The third-order valence-electron chi connectivity index (χ3n) is 5.03. The molecule has 1 N–H and O–H groups in total. The Morgan fingerprint density at radius 2 is 1.74 bits per heavy atom. The molecule has 1 aliphatic heterocycles. The van der Waals surface area contributed by atoms with E-state index in [1.54, 1.807) is 0 Å². The number of amides is 2. The maximum Gasteiger partial charge on any atom is 0.321 e. The van der Waals surface area contributed by atoms with Gasteiger partial charge < -0.3 is 10.2 Å². The Kier molecular flexibility index (Phi) is 5.30. The zero-order valence-electron chi connectivity index (χ0n) is 15.3. The van der Waals surface area contributed by atoms with Crippen LogP contribution in [0, 0.1) is 0 Å². The highest BCUT2D eigenvalue weighted by Gasteiger charge is 2.19. The van der Waals surface area contributed by atoms with E-state index >= 15 is 0 Å². The van der Waals surface area contributed by atoms with Crippen molar-refractivity contribution in [1.29, 1.82) is 0 Å². The highest BCUT2D eigenvalue weighted by Crippen LogP contribution is 2.19. The molecular formula is C22H24N4O. The van der Waals surface area contributed by atoms with E-state index in [-0.39, 0.29) is 6.03 Å². The van der Waals surface area contributed by atoms with E-state index in [9.17, 15) is 4.79 Å². The zero-order valence-corrected chi connectivity index (χ0v) is 15.3. The number of hydrogen-bond donors (Lipinski definition) is 1. The minimum absolute atomic E-state index is 0.0176. The van der Waals surface area contributed by atoms with Gasteiger partial charge in [0.05, 0.1) is 0 Å². The molecule has 0 saturated carbocycles. The third-order valence-corrected chi connectivity index (χ3v) is 5.03. The predicted molar refractivity (Wildman–Crippen MR) is 109 cm³/mol. The van der Waals surface area contributed by atoms with Crippen LogP contribution in [0.3, 0.4) is 0 Å². The molecule has 0 atom stereocenters. The van der Waals surface area contributed by atoms with Gasteiger partial charge in [-0.3, -0.25) is 9.88 Å². The maximum absolute atomic E-state index is 12.7. The molecule has 0 spiro atoms. The second-order valence-electron chi connectivity index (χ2n) is 6.96. The molecule has 0 unspecified atom stereocenters. The van der Waals surface area contributed by atoms with Crippen LogP contribution in [0.25, 0.3) is 10.8 Å². The van der Waals surface area contributed by atoms with Crippen LogP contribution in [0.1, 0.15) is 12.0 Å². The summed E-state index contributed by atoms with van der Waals surface area (Å²) in [4.78, 5) is 21.1. The molecule has 5 heteroatoms. The summed E-state index contributed by atoms with van der Waals surface area (Å²) in [6, 6.07) is 18.3. The van der Waals surface area contributed by atoms with E-state index in [0.717, 1.165) is 50.2 Å². The predicted octanol–water partition coefficient (Wildman–Crippen LogP) is 3.97. The molecular weight excluding hydrogens is 336 g/mol. The number of fused-ring (bicyclic) bond motifs is 1. The average Bonchev–Trinajstić information content (AvgIpc) is 2.94. The van der Waals surface area contributed by atoms with Crippen LogP contribution < -0.4 is 5.32 Å². The average molecular weight is 360 g/mol. The lowest BCUT2D eigenvalue weighted by molar-refractivity contribution is 0.211. The molecule has 5 nitrogen and oxygen atoms in total. The number of urea groups is 1. The molecule has 1 aromatic heterocycles. The standard InChI is InChI=1S/C22H24N4O/c27-22(24-21-7-6-19-4-1-2-5-20(19)16-21)26-13-3-12-25(14-15-26)17-18-8-10-23-11-9-18/h1-2,4-11,16H,3,12-15,17H2,(H,24,27). The molecule has 1 aliphatic rings. The number of carbonyl (C=O) groups is 1. The number of nitrogens with zero attached hydrogens (tertiary/aromatic N) is 3. The van der Waals surface area contributed by atoms with Crippen molar-refractivity contribution in [2.24, 2.45) is 0 Å². The fraction of sp³-hybridized carbons (Fsp3) is 0.273. The first-order chi connectivity index (χ1) is 13.3. The number of rotatable bonds is 3. The van der Waals surface area contributed by atoms with Gasteiger partial charge in [-0.2, -0.15) is 0 Å². The molecule has 0 aliphatic carbocycles. The van der Waals surface area contributed by atoms with Crippen molar-refractivity contribution in [3.8, 4) is 0 Å². The van der Waals surface area contributed by atoms with Crippen molar-refractivity contribution in [3.63, 3.8) is 0 Å². The van der Waals surface area contributed by atoms with Crippen LogP contribution in [0.15, 0.2) is 67.0 Å². The first-order valence-corrected chi connectivity index (χ1v) is 9.44. The molecule has 138 valence electrons. The highest BCUT2D eigenvalue weighted by molar-refractivity contribution is 5.93. The van der Waals surface area contributed by atoms with Gasteiger partial charge in [-0.25, -0.2) is 4.79 Å². The number of benzene rings is 2. The van der Waals surface area contributed by atoms with Crippen LogP contribution in [-0.2, 0) is 6.54 Å². The molecule has 2 amide bonds. The molecule has 2 heterocycles. The lowest BCUT2D eigenvalue weighted by Crippen LogP contribution is -2.38. The number of carbonyl (C=O) groups excluding carboxylic acids is 1. The third kappa shape index (κ3) is 4.44. The molecule has 0 bridgehead atoms. The monoisotopic (exact) mass is 360 g/mol. The highest BCUT2D eigenvalue weighted by atomic mass is 16.2. The van der Waals surface area contributed by atoms with Gasteiger partial charge in [0, 0.05) is 50.8 Å². The summed E-state index contributed by atoms with van der Waals surface area (Å²) in [5.74, 6) is 0. The Bertz CT molecular complexity index is 912. The first-order valence-electron chi connectivity index (χ1n) is 9.44. The van der Waals surface area contributed by atoms with Crippen LogP contribution in [0.2, 0.25) is 0 Å². The van der Waals surface area contributed by atoms with Crippen molar-refractivity contribution in [2.45, 2.75) is 13.0 Å². The summed E-state index contributed by atoms with van der Waals surface area (Å²) in [7, 11) is 0. The second kappa shape index (κ2) is 8.18. The summed E-state index contributed by atoms with van der Waals surface area (Å²) >= 11 is 0. The molecule has 27 heavy (non-hydrogen) atoms. The van der Waals surface area contributed by atoms with Gasteiger partial charge in [-0.1, -0.05) is 30.3 Å². The number of pyridine rings is 1. The molecule has 3 aromatic rings. The van der Waals surface area contributed by atoms with Crippen molar-refractivity contribution < 1.29 is 4.79 Å². The van der Waals surface area contributed by atoms with Gasteiger partial charge in [0.1, 0.15) is 0 Å². The van der Waals surface area contributed by atoms with E-state index in [4.69, 9.17) is 0 Å². The molecule has 2 aromatic carbocycles. The van der Waals surface area contributed by atoms with Gasteiger partial charge in [0.15, 0.2) is 0 Å². The SMILES string of the molecule is O=C(Nc1ccc2ccccc2c1)N1CCCN(Cc2ccncc2)CC1. The topological polar surface area (TPSA) is 48.5 Å². The second-order valence-corrected chi connectivity index (χ2v) is 6.96. The summed E-state index contributed by atoms with van der Waals surface area (Å²) in [6.45, 7) is 4.31. The van der Waals surface area contributed by atoms with Crippen molar-refractivity contribution in [2.75, 3.05) is 31.5 Å². The fourth-order valence-corrected chi connectivity index (χ4v) is 3.55. The quantitative estimate of drug-likeness (QED) is 0.769. The number of anilines is 1. The summed E-state index contributed by atoms with van der Waals surface area (Å²) in [6.07, 6.45) is 4.64. The lowest BCUT2D eigenvalue weighted by Gasteiger charge is -2.22. The zero-order chi connectivity index (χ0) is 18.5. The number of aromatic nitrogens is 1. The Labute approximate surface area is 159 Å². The normalized spacial score (nSPS) is 15.5. The smallest absolute Gasteiger partial charge is 0.321 e. The minimum atomic E-state index is -0.0176. The van der Waals surface area contributed by atoms with E-state index in [1.165, 1.54) is 10.9 Å². The van der Waals surface area contributed by atoms with Crippen molar-refractivity contribution >= 4 is 22.5 Å². The van der Waals surface area contributed by atoms with Gasteiger partial charge in [-0.15, -0.1) is 0 Å². The Balaban J connectivity index is 1.36. The molecule has 4 rings (SSSR count). The van der Waals surface area contributed by atoms with Crippen molar-refractivity contribution in [3.05, 3.63) is 72.6 Å². The minimum Gasteiger partial charge on any atom is -0.323 e. The van der Waals surface area contributed by atoms with Gasteiger partial charge in [0.2, 0.25) is 0 Å². The van der Waals surface area contributed by atoms with Crippen molar-refractivity contribution in [1.82, 2.24) is 14.8 Å². The first kappa shape index (κ1) is 17.5. The van der Waals surface area contributed by atoms with E-state index < -0.39 is 0 Å². The maximum atomic E-state index is 12.7.